The zero-order valence-electron chi connectivity index (χ0n) is 17.7. The van der Waals surface area contributed by atoms with Gasteiger partial charge in [0.15, 0.2) is 6.61 Å². The van der Waals surface area contributed by atoms with Gasteiger partial charge in [0.1, 0.15) is 5.75 Å². The molecule has 2 aromatic carbocycles. The molecule has 2 aromatic rings. The first-order chi connectivity index (χ1) is 15.2. The topological polar surface area (TPSA) is 71.1 Å². The molecule has 4 rings (SSSR count). The number of carbonyl (C=O) groups excluding carboxylic acids is 2. The van der Waals surface area contributed by atoms with Gasteiger partial charge in [-0.15, -0.1) is 0 Å². The van der Waals surface area contributed by atoms with Gasteiger partial charge in [-0.25, -0.2) is 0 Å². The monoisotopic (exact) mass is 423 g/mol. The lowest BCUT2D eigenvalue weighted by molar-refractivity contribution is -0.133. The summed E-state index contributed by atoms with van der Waals surface area (Å²) in [4.78, 5) is 29.3. The lowest BCUT2D eigenvalue weighted by Crippen LogP contribution is -2.38. The highest BCUT2D eigenvalue weighted by molar-refractivity contribution is 5.94. The first-order valence-electron chi connectivity index (χ1n) is 10.8. The van der Waals surface area contributed by atoms with Crippen LogP contribution in [0.3, 0.4) is 0 Å². The molecular weight excluding hydrogens is 394 g/mol. The third-order valence-electron chi connectivity index (χ3n) is 5.64. The normalized spacial score (nSPS) is 16.9. The van der Waals surface area contributed by atoms with Crippen molar-refractivity contribution in [3.05, 3.63) is 65.2 Å². The molecule has 0 bridgehead atoms. The number of hydrogen-bond donors (Lipinski definition) is 1. The van der Waals surface area contributed by atoms with Crippen molar-refractivity contribution in [2.45, 2.75) is 19.5 Å². The molecule has 1 saturated heterocycles. The van der Waals surface area contributed by atoms with Crippen LogP contribution < -0.4 is 10.1 Å². The number of morpholine rings is 1. The van der Waals surface area contributed by atoms with Gasteiger partial charge in [0.05, 0.1) is 13.2 Å². The third-order valence-corrected chi connectivity index (χ3v) is 5.64. The second kappa shape index (κ2) is 10.4. The van der Waals surface area contributed by atoms with E-state index < -0.39 is 0 Å². The van der Waals surface area contributed by atoms with E-state index in [1.807, 2.05) is 36.4 Å². The van der Waals surface area contributed by atoms with Crippen molar-refractivity contribution in [2.75, 3.05) is 46.0 Å². The molecule has 1 N–H and O–H groups in total. The van der Waals surface area contributed by atoms with Crippen LogP contribution in [0.15, 0.2) is 48.5 Å². The number of fused-ring (bicyclic) bond motifs is 1. The minimum Gasteiger partial charge on any atom is -0.483 e. The molecule has 0 unspecified atom stereocenters. The molecule has 2 heterocycles. The van der Waals surface area contributed by atoms with E-state index in [0.717, 1.165) is 50.4 Å². The average Bonchev–Trinajstić information content (AvgIpc) is 2.96. The molecule has 0 aromatic heterocycles. The van der Waals surface area contributed by atoms with Gasteiger partial charge >= 0.3 is 0 Å². The number of carbonyl (C=O) groups is 2. The maximum Gasteiger partial charge on any atom is 0.261 e. The van der Waals surface area contributed by atoms with E-state index >= 15 is 0 Å². The van der Waals surface area contributed by atoms with E-state index in [1.54, 1.807) is 17.0 Å². The molecule has 2 amide bonds. The lowest BCUT2D eigenvalue weighted by atomic mass is 10.1. The van der Waals surface area contributed by atoms with Crippen molar-refractivity contribution < 1.29 is 19.1 Å². The average molecular weight is 424 g/mol. The summed E-state index contributed by atoms with van der Waals surface area (Å²) in [5.41, 5.74) is 2.50. The molecule has 0 aliphatic carbocycles. The molecule has 164 valence electrons. The van der Waals surface area contributed by atoms with Crippen molar-refractivity contribution >= 4 is 11.8 Å². The summed E-state index contributed by atoms with van der Waals surface area (Å²) < 4.78 is 11.0. The predicted molar refractivity (Wildman–Crippen MR) is 117 cm³/mol. The summed E-state index contributed by atoms with van der Waals surface area (Å²) in [6, 6.07) is 15.3. The van der Waals surface area contributed by atoms with Crippen molar-refractivity contribution in [1.82, 2.24) is 15.1 Å². The van der Waals surface area contributed by atoms with Crippen LogP contribution in [-0.2, 0) is 22.6 Å². The van der Waals surface area contributed by atoms with E-state index in [9.17, 15) is 9.59 Å². The number of benzene rings is 2. The van der Waals surface area contributed by atoms with Crippen LogP contribution in [0.4, 0.5) is 0 Å². The Bertz CT molecular complexity index is 897. The quantitative estimate of drug-likeness (QED) is 0.691. The van der Waals surface area contributed by atoms with Gasteiger partial charge < -0.3 is 19.7 Å². The highest BCUT2D eigenvalue weighted by Gasteiger charge is 2.22. The summed E-state index contributed by atoms with van der Waals surface area (Å²) in [5.74, 6) is 0.497. The highest BCUT2D eigenvalue weighted by atomic mass is 16.5. The Morgan fingerprint density at radius 2 is 1.87 bits per heavy atom. The number of hydrogen-bond acceptors (Lipinski definition) is 5. The number of nitrogens with one attached hydrogen (secondary N) is 1. The fraction of sp³-hybridized carbons (Fsp3) is 0.417. The first-order valence-corrected chi connectivity index (χ1v) is 10.8. The molecule has 0 atom stereocenters. The lowest BCUT2D eigenvalue weighted by Gasteiger charge is -2.26. The van der Waals surface area contributed by atoms with Crippen LogP contribution in [-0.4, -0.2) is 67.6 Å². The number of amides is 2. The molecule has 2 aliphatic rings. The fourth-order valence-electron chi connectivity index (χ4n) is 3.89. The minimum atomic E-state index is -0.102. The van der Waals surface area contributed by atoms with Gasteiger partial charge in [-0.3, -0.25) is 14.5 Å². The third kappa shape index (κ3) is 5.83. The number of rotatable bonds is 7. The van der Waals surface area contributed by atoms with Crippen molar-refractivity contribution in [1.29, 1.82) is 0 Å². The Kier molecular flexibility index (Phi) is 7.17. The largest absolute Gasteiger partial charge is 0.483 e. The Balaban J connectivity index is 1.35. The Labute approximate surface area is 182 Å². The van der Waals surface area contributed by atoms with E-state index in [0.29, 0.717) is 30.9 Å². The van der Waals surface area contributed by atoms with Crippen LogP contribution in [0.1, 0.15) is 27.9 Å². The van der Waals surface area contributed by atoms with Crippen LogP contribution in [0.2, 0.25) is 0 Å². The Morgan fingerprint density at radius 1 is 1.06 bits per heavy atom. The maximum absolute atomic E-state index is 12.6. The number of nitrogens with zero attached hydrogens (tertiary/aromatic N) is 2. The van der Waals surface area contributed by atoms with Crippen LogP contribution in [0, 0.1) is 0 Å². The van der Waals surface area contributed by atoms with Gasteiger partial charge in [0, 0.05) is 43.9 Å². The molecular formula is C24H29N3O4. The van der Waals surface area contributed by atoms with Gasteiger partial charge in [-0.05, 0) is 36.7 Å². The fourth-order valence-corrected chi connectivity index (χ4v) is 3.89. The molecule has 1 fully saturated rings. The van der Waals surface area contributed by atoms with E-state index in [-0.39, 0.29) is 18.4 Å². The maximum atomic E-state index is 12.6. The molecule has 7 nitrogen and oxygen atoms in total. The molecule has 0 saturated carbocycles. The second-order valence-electron chi connectivity index (χ2n) is 7.91. The molecule has 0 spiro atoms. The zero-order chi connectivity index (χ0) is 21.5. The summed E-state index contributed by atoms with van der Waals surface area (Å²) in [6.07, 6.45) is 0.902. The van der Waals surface area contributed by atoms with Crippen molar-refractivity contribution in [2.24, 2.45) is 0 Å². The standard InChI is InChI=1S/C24H29N3O4/c28-23-18-31-22-8-7-20(24(29)25-9-4-10-26-11-13-30-14-12-26)15-21(22)17-27(23)16-19-5-2-1-3-6-19/h1-3,5-8,15H,4,9-14,16-18H2,(H,25,29). The van der Waals surface area contributed by atoms with Crippen LogP contribution in [0.5, 0.6) is 5.75 Å². The first kappa shape index (κ1) is 21.3. The summed E-state index contributed by atoms with van der Waals surface area (Å²) in [6.45, 7) is 6.00. The summed E-state index contributed by atoms with van der Waals surface area (Å²) in [5, 5.41) is 3.00. The van der Waals surface area contributed by atoms with E-state index in [2.05, 4.69) is 10.2 Å². The van der Waals surface area contributed by atoms with Crippen molar-refractivity contribution in [3.63, 3.8) is 0 Å². The highest BCUT2D eigenvalue weighted by Crippen LogP contribution is 2.25. The van der Waals surface area contributed by atoms with Crippen LogP contribution >= 0.6 is 0 Å². The second-order valence-corrected chi connectivity index (χ2v) is 7.91. The smallest absolute Gasteiger partial charge is 0.261 e. The van der Waals surface area contributed by atoms with E-state index in [1.165, 1.54) is 0 Å². The van der Waals surface area contributed by atoms with Crippen molar-refractivity contribution in [3.8, 4) is 5.75 Å². The summed E-state index contributed by atoms with van der Waals surface area (Å²) in [7, 11) is 0. The zero-order valence-corrected chi connectivity index (χ0v) is 17.7. The summed E-state index contributed by atoms with van der Waals surface area (Å²) >= 11 is 0. The Hall–Kier alpha value is -2.90. The molecule has 31 heavy (non-hydrogen) atoms. The Morgan fingerprint density at radius 3 is 2.68 bits per heavy atom. The number of ether oxygens (including phenoxy) is 2. The van der Waals surface area contributed by atoms with Gasteiger partial charge in [-0.2, -0.15) is 0 Å². The minimum absolute atomic E-state index is 0.00686. The molecule has 7 heteroatoms. The van der Waals surface area contributed by atoms with Crippen LogP contribution in [0.25, 0.3) is 0 Å². The molecule has 2 aliphatic heterocycles. The van der Waals surface area contributed by atoms with Gasteiger partial charge in [-0.1, -0.05) is 30.3 Å². The SMILES string of the molecule is O=C(NCCCN1CCOCC1)c1ccc2c(c1)CN(Cc1ccccc1)C(=O)CO2. The van der Waals surface area contributed by atoms with E-state index in [4.69, 9.17) is 9.47 Å². The molecule has 0 radical (unpaired) electrons. The van der Waals surface area contributed by atoms with Gasteiger partial charge in [0.25, 0.3) is 11.8 Å². The predicted octanol–water partition coefficient (Wildman–Crippen LogP) is 2.06. The van der Waals surface area contributed by atoms with Gasteiger partial charge in [0.2, 0.25) is 0 Å².